The molecule has 1 rings (SSSR count). The van der Waals surface area contributed by atoms with Crippen LogP contribution in [0.5, 0.6) is 0 Å². The fourth-order valence-corrected chi connectivity index (χ4v) is 2.38. The Hall–Kier alpha value is -0.570. The van der Waals surface area contributed by atoms with Crippen LogP contribution in [0.4, 0.5) is 0 Å². The van der Waals surface area contributed by atoms with Crippen LogP contribution in [-0.2, 0) is 9.53 Å². The van der Waals surface area contributed by atoms with Crippen LogP contribution in [0.25, 0.3) is 0 Å². The normalized spacial score (nSPS) is 43.4. The highest BCUT2D eigenvalue weighted by Gasteiger charge is 2.41. The van der Waals surface area contributed by atoms with Gasteiger partial charge in [0.1, 0.15) is 0 Å². The molecule has 1 aliphatic heterocycles. The molecular formula is C11H21NO2. The fraction of sp³-hybridized carbons (Fsp3) is 0.909. The first kappa shape index (κ1) is 11.5. The van der Waals surface area contributed by atoms with E-state index >= 15 is 0 Å². The lowest BCUT2D eigenvalue weighted by atomic mass is 9.73. The summed E-state index contributed by atoms with van der Waals surface area (Å²) in [6.45, 7) is 8.48. The molecule has 1 heterocycles. The second kappa shape index (κ2) is 4.30. The topological polar surface area (TPSA) is 38.3 Å². The summed E-state index contributed by atoms with van der Waals surface area (Å²) in [5.41, 5.74) is 0. The van der Waals surface area contributed by atoms with E-state index in [0.717, 1.165) is 0 Å². The highest BCUT2D eigenvalue weighted by molar-refractivity contribution is 5.73. The molecule has 0 aromatic carbocycles. The van der Waals surface area contributed by atoms with E-state index in [1.54, 1.807) is 0 Å². The molecule has 0 spiro atoms. The van der Waals surface area contributed by atoms with E-state index in [-0.39, 0.29) is 11.9 Å². The maximum absolute atomic E-state index is 11.6. The van der Waals surface area contributed by atoms with Gasteiger partial charge < -0.3 is 10.1 Å². The van der Waals surface area contributed by atoms with Crippen LogP contribution in [0.15, 0.2) is 0 Å². The maximum atomic E-state index is 11.6. The summed E-state index contributed by atoms with van der Waals surface area (Å²) in [7, 11) is 1.47. The second-order valence-corrected chi connectivity index (χ2v) is 4.51. The molecule has 0 bridgehead atoms. The number of ether oxygens (including phenoxy) is 1. The smallest absolute Gasteiger partial charge is 0.309 e. The zero-order chi connectivity index (χ0) is 10.9. The van der Waals surface area contributed by atoms with E-state index in [1.165, 1.54) is 7.11 Å². The predicted molar refractivity (Wildman–Crippen MR) is 55.9 cm³/mol. The molecule has 4 atom stereocenters. The van der Waals surface area contributed by atoms with E-state index in [2.05, 4.69) is 33.0 Å². The molecule has 1 aliphatic rings. The molecule has 0 aromatic heterocycles. The Labute approximate surface area is 86.2 Å². The molecule has 1 N–H and O–H groups in total. The number of carbonyl (C=O) groups is 1. The van der Waals surface area contributed by atoms with Crippen molar-refractivity contribution in [1.29, 1.82) is 0 Å². The van der Waals surface area contributed by atoms with E-state index in [0.29, 0.717) is 23.9 Å². The molecule has 1 fully saturated rings. The lowest BCUT2D eigenvalue weighted by molar-refractivity contribution is -0.151. The molecular weight excluding hydrogens is 178 g/mol. The third-order valence-electron chi connectivity index (χ3n) is 3.71. The minimum absolute atomic E-state index is 0.0336. The molecule has 0 radical (unpaired) electrons. The van der Waals surface area contributed by atoms with Gasteiger partial charge in [-0.25, -0.2) is 0 Å². The third kappa shape index (κ3) is 1.92. The molecule has 0 unspecified atom stereocenters. The Morgan fingerprint density at radius 2 is 1.50 bits per heavy atom. The Kier molecular flexibility index (Phi) is 3.53. The summed E-state index contributed by atoms with van der Waals surface area (Å²) in [6, 6.07) is 0.760. The molecule has 0 saturated carbocycles. The lowest BCUT2D eigenvalue weighted by Gasteiger charge is -2.42. The molecule has 0 aliphatic carbocycles. The Morgan fingerprint density at radius 1 is 1.07 bits per heavy atom. The van der Waals surface area contributed by atoms with Crippen LogP contribution in [0.2, 0.25) is 0 Å². The second-order valence-electron chi connectivity index (χ2n) is 4.51. The van der Waals surface area contributed by atoms with Crippen molar-refractivity contribution in [2.75, 3.05) is 7.11 Å². The maximum Gasteiger partial charge on any atom is 0.309 e. The molecule has 3 heteroatoms. The number of rotatable bonds is 1. The largest absolute Gasteiger partial charge is 0.469 e. The summed E-state index contributed by atoms with van der Waals surface area (Å²) in [5, 5.41) is 3.48. The van der Waals surface area contributed by atoms with Crippen LogP contribution >= 0.6 is 0 Å². The first-order chi connectivity index (χ1) is 6.49. The van der Waals surface area contributed by atoms with Crippen LogP contribution in [0, 0.1) is 17.8 Å². The summed E-state index contributed by atoms with van der Waals surface area (Å²) in [4.78, 5) is 11.6. The van der Waals surface area contributed by atoms with Gasteiger partial charge in [-0.1, -0.05) is 13.8 Å². The van der Waals surface area contributed by atoms with Gasteiger partial charge in [-0.2, -0.15) is 0 Å². The molecule has 3 nitrogen and oxygen atoms in total. The summed E-state index contributed by atoms with van der Waals surface area (Å²) >= 11 is 0. The van der Waals surface area contributed by atoms with Gasteiger partial charge in [0.2, 0.25) is 0 Å². The highest BCUT2D eigenvalue weighted by atomic mass is 16.5. The molecule has 82 valence electrons. The van der Waals surface area contributed by atoms with Gasteiger partial charge in [-0.05, 0) is 25.7 Å². The van der Waals surface area contributed by atoms with Gasteiger partial charge in [-0.15, -0.1) is 0 Å². The van der Waals surface area contributed by atoms with Gasteiger partial charge in [0.15, 0.2) is 0 Å². The van der Waals surface area contributed by atoms with E-state index < -0.39 is 0 Å². The number of carbonyl (C=O) groups excluding carboxylic acids is 1. The van der Waals surface area contributed by atoms with E-state index in [4.69, 9.17) is 4.74 Å². The number of hydrogen-bond acceptors (Lipinski definition) is 3. The van der Waals surface area contributed by atoms with Crippen molar-refractivity contribution in [2.45, 2.75) is 39.8 Å². The first-order valence-electron chi connectivity index (χ1n) is 5.33. The summed E-state index contributed by atoms with van der Waals surface area (Å²) in [6.07, 6.45) is 0. The Bertz CT molecular complexity index is 203. The van der Waals surface area contributed by atoms with Crippen molar-refractivity contribution in [3.63, 3.8) is 0 Å². The monoisotopic (exact) mass is 199 g/mol. The van der Waals surface area contributed by atoms with Crippen molar-refractivity contribution >= 4 is 5.97 Å². The zero-order valence-corrected chi connectivity index (χ0v) is 9.70. The first-order valence-corrected chi connectivity index (χ1v) is 5.33. The number of esters is 1. The molecule has 1 saturated heterocycles. The zero-order valence-electron chi connectivity index (χ0n) is 9.70. The SMILES string of the molecule is COC(=O)C1[C@H](C)[C@H](C)N[C@@H](C)[C@H]1C. The van der Waals surface area contributed by atoms with Gasteiger partial charge in [0.25, 0.3) is 0 Å². The number of nitrogens with one attached hydrogen (secondary N) is 1. The quantitative estimate of drug-likeness (QED) is 0.649. The highest BCUT2D eigenvalue weighted by Crippen LogP contribution is 2.32. The molecule has 0 aromatic rings. The minimum Gasteiger partial charge on any atom is -0.469 e. The van der Waals surface area contributed by atoms with Gasteiger partial charge >= 0.3 is 5.97 Å². The molecule has 14 heavy (non-hydrogen) atoms. The summed E-state index contributed by atoms with van der Waals surface area (Å²) < 4.78 is 4.86. The third-order valence-corrected chi connectivity index (χ3v) is 3.71. The summed E-state index contributed by atoms with van der Waals surface area (Å²) in [5.74, 6) is 0.652. The van der Waals surface area contributed by atoms with E-state index in [9.17, 15) is 4.79 Å². The van der Waals surface area contributed by atoms with Crippen molar-refractivity contribution in [2.24, 2.45) is 17.8 Å². The van der Waals surface area contributed by atoms with Crippen LogP contribution < -0.4 is 5.32 Å². The lowest BCUT2D eigenvalue weighted by Crippen LogP contribution is -2.55. The average molecular weight is 199 g/mol. The van der Waals surface area contributed by atoms with Crippen molar-refractivity contribution < 1.29 is 9.53 Å². The van der Waals surface area contributed by atoms with Crippen LogP contribution in [0.1, 0.15) is 27.7 Å². The predicted octanol–water partition coefficient (Wildman–Crippen LogP) is 1.43. The van der Waals surface area contributed by atoms with Gasteiger partial charge in [0.05, 0.1) is 13.0 Å². The number of methoxy groups -OCH3 is 1. The average Bonchev–Trinajstić information content (AvgIpc) is 2.15. The Morgan fingerprint density at radius 3 is 1.86 bits per heavy atom. The molecule has 0 amide bonds. The van der Waals surface area contributed by atoms with Crippen LogP contribution in [-0.4, -0.2) is 25.2 Å². The number of hydrogen-bond donors (Lipinski definition) is 1. The van der Waals surface area contributed by atoms with Crippen molar-refractivity contribution in [1.82, 2.24) is 5.32 Å². The Balaban J connectivity index is 2.82. The fourth-order valence-electron chi connectivity index (χ4n) is 2.38. The standard InChI is InChI=1S/C11H21NO2/c1-6-8(3)12-9(4)7(2)10(6)11(13)14-5/h6-10,12H,1-5H3/t6-,7-,8+,9+/m1/s1. The van der Waals surface area contributed by atoms with Crippen molar-refractivity contribution in [3.05, 3.63) is 0 Å². The van der Waals surface area contributed by atoms with Gasteiger partial charge in [-0.3, -0.25) is 4.79 Å². The van der Waals surface area contributed by atoms with Crippen molar-refractivity contribution in [3.8, 4) is 0 Å². The number of piperidine rings is 1. The van der Waals surface area contributed by atoms with Crippen LogP contribution in [0.3, 0.4) is 0 Å². The van der Waals surface area contributed by atoms with Gasteiger partial charge in [0, 0.05) is 12.1 Å². The van der Waals surface area contributed by atoms with E-state index in [1.807, 2.05) is 0 Å². The minimum atomic E-state index is -0.0646.